The van der Waals surface area contributed by atoms with Crippen LogP contribution in [0.3, 0.4) is 0 Å². The summed E-state index contributed by atoms with van der Waals surface area (Å²) in [5, 5.41) is 29.5. The number of phenolic OH excluding ortho intramolecular Hbond substituents is 2. The van der Waals surface area contributed by atoms with Crippen molar-refractivity contribution in [3.8, 4) is 11.5 Å². The standard InChI is InChI=1S/C46H70O3/c1-36(2)16-9-17-37(3)18-10-19-38(4)20-11-21-39(5)22-12-23-40(6)26-14-28-43(35-47)29-15-27-41(7)24-13-25-42(8)30-31-44-34-45(48)32-33-46(44)49/h16,18,20,22,24,26,29-30,32-34,47-49H,9-15,17,19,21,23,25,27-28,31,35H2,1-8H3/b37-18+,38-20+,39-22+,40-26+,41-24+,42-30+,43-29-. The van der Waals surface area contributed by atoms with Crippen molar-refractivity contribution < 1.29 is 15.3 Å². The van der Waals surface area contributed by atoms with Gasteiger partial charge in [-0.2, -0.15) is 0 Å². The third-order valence-electron chi connectivity index (χ3n) is 9.08. The van der Waals surface area contributed by atoms with Gasteiger partial charge in [0.15, 0.2) is 0 Å². The van der Waals surface area contributed by atoms with Crippen LogP contribution in [0.15, 0.2) is 111 Å². The quantitative estimate of drug-likeness (QED) is 0.0758. The van der Waals surface area contributed by atoms with E-state index in [-0.39, 0.29) is 18.1 Å². The zero-order valence-corrected chi connectivity index (χ0v) is 32.5. The monoisotopic (exact) mass is 671 g/mol. The van der Waals surface area contributed by atoms with Crippen LogP contribution >= 0.6 is 0 Å². The Bertz CT molecular complexity index is 1350. The Balaban J connectivity index is 2.31. The first kappa shape index (κ1) is 43.7. The number of phenols is 2. The van der Waals surface area contributed by atoms with Crippen LogP contribution in [0.1, 0.15) is 151 Å². The minimum absolute atomic E-state index is 0.136. The van der Waals surface area contributed by atoms with E-state index in [0.29, 0.717) is 6.42 Å². The highest BCUT2D eigenvalue weighted by molar-refractivity contribution is 5.40. The number of allylic oxidation sites excluding steroid dienone is 15. The summed E-state index contributed by atoms with van der Waals surface area (Å²) >= 11 is 0. The van der Waals surface area contributed by atoms with Gasteiger partial charge < -0.3 is 15.3 Å². The summed E-state index contributed by atoms with van der Waals surface area (Å²) in [7, 11) is 0. The van der Waals surface area contributed by atoms with E-state index in [1.165, 1.54) is 57.6 Å². The van der Waals surface area contributed by atoms with E-state index in [1.54, 1.807) is 6.07 Å². The Kier molecular flexibility index (Phi) is 23.7. The van der Waals surface area contributed by atoms with Gasteiger partial charge in [-0.05, 0) is 175 Å². The largest absolute Gasteiger partial charge is 0.508 e. The number of aliphatic hydroxyl groups is 1. The predicted octanol–water partition coefficient (Wildman–Crippen LogP) is 13.7. The van der Waals surface area contributed by atoms with E-state index >= 15 is 0 Å². The normalized spacial score (nSPS) is 14.1. The molecule has 0 fully saturated rings. The van der Waals surface area contributed by atoms with Crippen LogP contribution in [0.2, 0.25) is 0 Å². The average molecular weight is 671 g/mol. The Hall–Kier alpha value is -3.30. The molecule has 0 atom stereocenters. The fraction of sp³-hybridized carbons (Fsp3) is 0.522. The highest BCUT2D eigenvalue weighted by Crippen LogP contribution is 2.24. The molecule has 0 saturated carbocycles. The molecule has 0 aliphatic carbocycles. The molecular formula is C46H70O3. The number of aliphatic hydroxyl groups excluding tert-OH is 1. The maximum absolute atomic E-state index is 9.96. The van der Waals surface area contributed by atoms with Crippen LogP contribution in [0, 0.1) is 0 Å². The molecule has 0 bridgehead atoms. The third kappa shape index (κ3) is 23.7. The molecule has 0 aromatic heterocycles. The molecule has 3 N–H and O–H groups in total. The lowest BCUT2D eigenvalue weighted by molar-refractivity contribution is 0.326. The molecule has 0 amide bonds. The molecule has 49 heavy (non-hydrogen) atoms. The molecule has 1 aromatic rings. The van der Waals surface area contributed by atoms with Gasteiger partial charge in [-0.1, -0.05) is 87.6 Å². The third-order valence-corrected chi connectivity index (χ3v) is 9.08. The van der Waals surface area contributed by atoms with Crippen molar-refractivity contribution in [3.05, 3.63) is 117 Å². The molecule has 272 valence electrons. The molecule has 0 heterocycles. The molecule has 0 spiro atoms. The lowest BCUT2D eigenvalue weighted by atomic mass is 10.0. The number of benzene rings is 1. The number of rotatable bonds is 24. The van der Waals surface area contributed by atoms with Crippen LogP contribution in [0.4, 0.5) is 0 Å². The number of hydrogen-bond donors (Lipinski definition) is 3. The van der Waals surface area contributed by atoms with Crippen molar-refractivity contribution in [1.29, 1.82) is 0 Å². The zero-order valence-electron chi connectivity index (χ0n) is 32.5. The van der Waals surface area contributed by atoms with Gasteiger partial charge >= 0.3 is 0 Å². The molecular weight excluding hydrogens is 601 g/mol. The summed E-state index contributed by atoms with van der Waals surface area (Å²) in [4.78, 5) is 0. The molecule has 0 aliphatic rings. The van der Waals surface area contributed by atoms with Gasteiger partial charge in [-0.3, -0.25) is 0 Å². The van der Waals surface area contributed by atoms with E-state index in [4.69, 9.17) is 0 Å². The zero-order chi connectivity index (χ0) is 36.4. The summed E-state index contributed by atoms with van der Waals surface area (Å²) in [6.45, 7) is 17.8. The molecule has 3 nitrogen and oxygen atoms in total. The number of hydrogen-bond acceptors (Lipinski definition) is 3. The van der Waals surface area contributed by atoms with Crippen molar-refractivity contribution in [2.45, 2.75) is 152 Å². The molecule has 1 rings (SSSR count). The minimum atomic E-state index is 0.136. The van der Waals surface area contributed by atoms with Gasteiger partial charge in [0.1, 0.15) is 11.5 Å². The maximum atomic E-state index is 9.96. The van der Waals surface area contributed by atoms with E-state index in [9.17, 15) is 15.3 Å². The van der Waals surface area contributed by atoms with E-state index in [2.05, 4.69) is 104 Å². The Morgan fingerprint density at radius 1 is 0.469 bits per heavy atom. The maximum Gasteiger partial charge on any atom is 0.119 e. The summed E-state index contributed by atoms with van der Waals surface area (Å²) < 4.78 is 0. The minimum Gasteiger partial charge on any atom is -0.508 e. The van der Waals surface area contributed by atoms with Crippen LogP contribution in [0.5, 0.6) is 11.5 Å². The summed E-state index contributed by atoms with van der Waals surface area (Å²) in [6, 6.07) is 4.65. The predicted molar refractivity (Wildman–Crippen MR) is 215 cm³/mol. The van der Waals surface area contributed by atoms with Crippen LogP contribution in [-0.4, -0.2) is 21.9 Å². The second-order valence-corrected chi connectivity index (χ2v) is 14.4. The molecule has 0 radical (unpaired) electrons. The highest BCUT2D eigenvalue weighted by Gasteiger charge is 2.02. The van der Waals surface area contributed by atoms with Crippen molar-refractivity contribution in [1.82, 2.24) is 0 Å². The first-order chi connectivity index (χ1) is 23.4. The topological polar surface area (TPSA) is 60.7 Å². The van der Waals surface area contributed by atoms with Crippen molar-refractivity contribution in [3.63, 3.8) is 0 Å². The molecule has 0 aliphatic heterocycles. The van der Waals surface area contributed by atoms with E-state index in [0.717, 1.165) is 94.6 Å². The van der Waals surface area contributed by atoms with Crippen LogP contribution in [0.25, 0.3) is 0 Å². The van der Waals surface area contributed by atoms with Gasteiger partial charge in [0.2, 0.25) is 0 Å². The van der Waals surface area contributed by atoms with E-state index in [1.807, 2.05) is 0 Å². The molecule has 0 unspecified atom stereocenters. The Labute approximate surface area is 301 Å². The number of aromatic hydroxyl groups is 2. The Morgan fingerprint density at radius 3 is 1.24 bits per heavy atom. The van der Waals surface area contributed by atoms with Crippen LogP contribution < -0.4 is 0 Å². The van der Waals surface area contributed by atoms with E-state index < -0.39 is 0 Å². The van der Waals surface area contributed by atoms with Gasteiger partial charge in [0.05, 0.1) is 6.61 Å². The lowest BCUT2D eigenvalue weighted by Gasteiger charge is -2.06. The van der Waals surface area contributed by atoms with Crippen LogP contribution in [-0.2, 0) is 6.42 Å². The lowest BCUT2D eigenvalue weighted by Crippen LogP contribution is -1.91. The van der Waals surface area contributed by atoms with Gasteiger partial charge in [0.25, 0.3) is 0 Å². The fourth-order valence-electron chi connectivity index (χ4n) is 5.66. The summed E-state index contributed by atoms with van der Waals surface area (Å²) in [5.74, 6) is 0.398. The second-order valence-electron chi connectivity index (χ2n) is 14.4. The SMILES string of the molecule is CC(C)=CCC/C(C)=C/CC/C(C)=C/CC/C(C)=C/CC/C(C)=C/CC/C(=C/CC/C(C)=C/CC/C(C)=C/Cc1cc(O)ccc1O)CO. The summed E-state index contributed by atoms with van der Waals surface area (Å²) in [6.07, 6.45) is 34.1. The Morgan fingerprint density at radius 2 is 0.837 bits per heavy atom. The van der Waals surface area contributed by atoms with Crippen molar-refractivity contribution in [2.75, 3.05) is 6.61 Å². The van der Waals surface area contributed by atoms with Gasteiger partial charge in [0, 0.05) is 5.56 Å². The van der Waals surface area contributed by atoms with Crippen molar-refractivity contribution in [2.24, 2.45) is 0 Å². The first-order valence-electron chi connectivity index (χ1n) is 18.8. The fourth-order valence-corrected chi connectivity index (χ4v) is 5.66. The molecule has 3 heteroatoms. The smallest absolute Gasteiger partial charge is 0.119 e. The molecule has 1 aromatic carbocycles. The summed E-state index contributed by atoms with van der Waals surface area (Å²) in [5.41, 5.74) is 11.9. The first-order valence-corrected chi connectivity index (χ1v) is 18.8. The average Bonchev–Trinajstić information content (AvgIpc) is 3.04. The van der Waals surface area contributed by atoms with Gasteiger partial charge in [-0.15, -0.1) is 0 Å². The second kappa shape index (κ2) is 26.6. The van der Waals surface area contributed by atoms with Gasteiger partial charge in [-0.25, -0.2) is 0 Å². The highest BCUT2D eigenvalue weighted by atomic mass is 16.3. The van der Waals surface area contributed by atoms with Crippen molar-refractivity contribution >= 4 is 0 Å². The molecule has 0 saturated heterocycles.